The lowest BCUT2D eigenvalue weighted by molar-refractivity contribution is -0.125. The topological polar surface area (TPSA) is 73.9 Å². The van der Waals surface area contributed by atoms with Gasteiger partial charge in [-0.3, -0.25) is 4.79 Å². The lowest BCUT2D eigenvalue weighted by Crippen LogP contribution is -2.26. The number of carbonyl (C=O) groups is 2. The highest BCUT2D eigenvalue weighted by Gasteiger charge is 2.27. The molecule has 0 radical (unpaired) electrons. The van der Waals surface area contributed by atoms with E-state index in [-0.39, 0.29) is 5.56 Å². The molecule has 160 valence electrons. The maximum atomic E-state index is 13.2. The number of rotatable bonds is 7. The van der Waals surface area contributed by atoms with Gasteiger partial charge in [-0.15, -0.1) is 0 Å². The molecule has 0 aliphatic carbocycles. The molecule has 3 rings (SSSR count). The van der Waals surface area contributed by atoms with Gasteiger partial charge in [-0.25, -0.2) is 4.79 Å². The summed E-state index contributed by atoms with van der Waals surface area (Å²) in [5.41, 5.74) is 3.35. The number of hydrogen-bond donors (Lipinski definition) is 1. The Hall–Kier alpha value is -3.80. The van der Waals surface area contributed by atoms with Crippen LogP contribution in [0.15, 0.2) is 66.7 Å². The molecule has 1 amide bonds. The first kappa shape index (κ1) is 21.9. The van der Waals surface area contributed by atoms with E-state index >= 15 is 0 Å². The number of esters is 1. The van der Waals surface area contributed by atoms with Crippen molar-refractivity contribution >= 4 is 17.6 Å². The Bertz CT molecular complexity index is 1080. The van der Waals surface area contributed by atoms with E-state index in [9.17, 15) is 9.59 Å². The van der Waals surface area contributed by atoms with Crippen molar-refractivity contribution in [2.24, 2.45) is 0 Å². The number of anilines is 1. The van der Waals surface area contributed by atoms with Crippen LogP contribution in [0.3, 0.4) is 0 Å². The van der Waals surface area contributed by atoms with Crippen molar-refractivity contribution in [1.82, 2.24) is 0 Å². The monoisotopic (exact) mass is 419 g/mol. The van der Waals surface area contributed by atoms with Crippen LogP contribution in [0.25, 0.3) is 0 Å². The van der Waals surface area contributed by atoms with Gasteiger partial charge in [-0.2, -0.15) is 0 Å². The van der Waals surface area contributed by atoms with Gasteiger partial charge in [-0.1, -0.05) is 42.5 Å². The molecule has 0 aromatic heterocycles. The van der Waals surface area contributed by atoms with Crippen LogP contribution in [0.5, 0.6) is 11.5 Å². The summed E-state index contributed by atoms with van der Waals surface area (Å²) in [7, 11) is 2.98. The highest BCUT2D eigenvalue weighted by atomic mass is 16.6. The molecule has 3 aromatic rings. The number of hydrogen-bond acceptors (Lipinski definition) is 5. The van der Waals surface area contributed by atoms with E-state index in [0.29, 0.717) is 22.7 Å². The van der Waals surface area contributed by atoms with Gasteiger partial charge in [0, 0.05) is 17.3 Å². The average Bonchev–Trinajstić information content (AvgIpc) is 2.79. The van der Waals surface area contributed by atoms with E-state index in [0.717, 1.165) is 11.1 Å². The highest BCUT2D eigenvalue weighted by molar-refractivity contribution is 5.99. The fourth-order valence-electron chi connectivity index (χ4n) is 3.11. The fraction of sp³-hybridized carbons (Fsp3) is 0.200. The normalized spacial score (nSPS) is 11.4. The van der Waals surface area contributed by atoms with Crippen molar-refractivity contribution in [2.45, 2.75) is 20.0 Å². The first-order chi connectivity index (χ1) is 14.9. The van der Waals surface area contributed by atoms with Crippen molar-refractivity contribution in [3.8, 4) is 11.5 Å². The van der Waals surface area contributed by atoms with Gasteiger partial charge in [0.25, 0.3) is 5.91 Å². The SMILES string of the molecule is COc1ccc(C(=O)O[C@@H](C(=O)Nc2cc(C)ccc2C)c2ccccc2)c(OC)c1. The lowest BCUT2D eigenvalue weighted by Gasteiger charge is -2.20. The molecule has 0 aliphatic heterocycles. The standard InChI is InChI=1S/C25H25NO5/c1-16-10-11-17(2)21(14-16)26-24(27)23(18-8-6-5-7-9-18)31-25(28)20-13-12-19(29-3)15-22(20)30-4/h5-15,23H,1-4H3,(H,26,27)/t23-/m1/s1. The summed E-state index contributed by atoms with van der Waals surface area (Å²) >= 11 is 0. The third-order valence-corrected chi connectivity index (χ3v) is 4.84. The third-order valence-electron chi connectivity index (χ3n) is 4.84. The highest BCUT2D eigenvalue weighted by Crippen LogP contribution is 2.28. The molecule has 0 saturated carbocycles. The fourth-order valence-corrected chi connectivity index (χ4v) is 3.11. The summed E-state index contributed by atoms with van der Waals surface area (Å²) in [6, 6.07) is 19.4. The molecule has 3 aromatic carbocycles. The quantitative estimate of drug-likeness (QED) is 0.554. The first-order valence-corrected chi connectivity index (χ1v) is 9.79. The minimum atomic E-state index is -1.14. The van der Waals surface area contributed by atoms with Crippen molar-refractivity contribution < 1.29 is 23.8 Å². The second kappa shape index (κ2) is 9.80. The van der Waals surface area contributed by atoms with Crippen molar-refractivity contribution in [3.05, 3.63) is 89.0 Å². The van der Waals surface area contributed by atoms with Gasteiger partial charge in [0.15, 0.2) is 0 Å². The summed E-state index contributed by atoms with van der Waals surface area (Å²) in [6.45, 7) is 3.85. The molecule has 0 fully saturated rings. The van der Waals surface area contributed by atoms with E-state index in [2.05, 4.69) is 5.32 Å². The number of methoxy groups -OCH3 is 2. The largest absolute Gasteiger partial charge is 0.497 e. The second-order valence-electron chi connectivity index (χ2n) is 7.07. The minimum absolute atomic E-state index is 0.198. The maximum absolute atomic E-state index is 13.2. The van der Waals surface area contributed by atoms with Crippen LogP contribution in [-0.4, -0.2) is 26.1 Å². The van der Waals surface area contributed by atoms with Crippen LogP contribution in [0, 0.1) is 13.8 Å². The summed E-state index contributed by atoms with van der Waals surface area (Å²) in [5, 5.41) is 2.89. The molecule has 1 N–H and O–H groups in total. The number of nitrogens with one attached hydrogen (secondary N) is 1. The van der Waals surface area contributed by atoms with Crippen molar-refractivity contribution in [1.29, 1.82) is 0 Å². The number of benzene rings is 3. The van der Waals surface area contributed by atoms with E-state index in [4.69, 9.17) is 14.2 Å². The van der Waals surface area contributed by atoms with Crippen LogP contribution in [-0.2, 0) is 9.53 Å². The van der Waals surface area contributed by atoms with Gasteiger partial charge in [0.1, 0.15) is 17.1 Å². The second-order valence-corrected chi connectivity index (χ2v) is 7.07. The van der Waals surface area contributed by atoms with Gasteiger partial charge >= 0.3 is 5.97 Å². The van der Waals surface area contributed by atoms with E-state index in [1.807, 2.05) is 38.1 Å². The van der Waals surface area contributed by atoms with Crippen LogP contribution in [0.4, 0.5) is 5.69 Å². The zero-order chi connectivity index (χ0) is 22.4. The Morgan fingerprint density at radius 3 is 2.29 bits per heavy atom. The molecule has 0 unspecified atom stereocenters. The van der Waals surface area contributed by atoms with Crippen LogP contribution >= 0.6 is 0 Å². The van der Waals surface area contributed by atoms with Gasteiger partial charge in [0.05, 0.1) is 14.2 Å². The van der Waals surface area contributed by atoms with Crippen molar-refractivity contribution in [2.75, 3.05) is 19.5 Å². The summed E-state index contributed by atoms with van der Waals surface area (Å²) < 4.78 is 16.1. The molecule has 0 heterocycles. The van der Waals surface area contributed by atoms with Gasteiger partial charge in [0.2, 0.25) is 6.10 Å². The lowest BCUT2D eigenvalue weighted by atomic mass is 10.1. The zero-order valence-corrected chi connectivity index (χ0v) is 18.0. The summed E-state index contributed by atoms with van der Waals surface area (Å²) in [5.74, 6) is -0.281. The first-order valence-electron chi connectivity index (χ1n) is 9.79. The Morgan fingerprint density at radius 1 is 0.871 bits per heavy atom. The molecule has 0 spiro atoms. The third kappa shape index (κ3) is 5.22. The number of carbonyl (C=O) groups excluding carboxylic acids is 2. The molecular weight excluding hydrogens is 394 g/mol. The van der Waals surface area contributed by atoms with Crippen LogP contribution in [0.1, 0.15) is 33.2 Å². The molecule has 0 saturated heterocycles. The van der Waals surface area contributed by atoms with E-state index in [1.165, 1.54) is 14.2 Å². The van der Waals surface area contributed by atoms with Gasteiger partial charge < -0.3 is 19.5 Å². The molecule has 1 atom stereocenters. The number of aryl methyl sites for hydroxylation is 2. The van der Waals surface area contributed by atoms with Crippen molar-refractivity contribution in [3.63, 3.8) is 0 Å². The minimum Gasteiger partial charge on any atom is -0.497 e. The number of amides is 1. The molecular formula is C25H25NO5. The molecule has 6 heteroatoms. The smallest absolute Gasteiger partial charge is 0.343 e. The van der Waals surface area contributed by atoms with Crippen LogP contribution in [0.2, 0.25) is 0 Å². The maximum Gasteiger partial charge on any atom is 0.343 e. The predicted octanol–water partition coefficient (Wildman–Crippen LogP) is 4.86. The zero-order valence-electron chi connectivity index (χ0n) is 18.0. The Balaban J connectivity index is 1.90. The molecule has 6 nitrogen and oxygen atoms in total. The summed E-state index contributed by atoms with van der Waals surface area (Å²) in [4.78, 5) is 26.1. The van der Waals surface area contributed by atoms with Gasteiger partial charge in [-0.05, 0) is 43.2 Å². The molecule has 31 heavy (non-hydrogen) atoms. The van der Waals surface area contributed by atoms with E-state index < -0.39 is 18.0 Å². The van der Waals surface area contributed by atoms with Crippen LogP contribution < -0.4 is 14.8 Å². The Morgan fingerprint density at radius 2 is 1.61 bits per heavy atom. The Kier molecular flexibility index (Phi) is 6.92. The molecule has 0 aliphatic rings. The Labute approximate surface area is 181 Å². The van der Waals surface area contributed by atoms with E-state index in [1.54, 1.807) is 42.5 Å². The number of ether oxygens (including phenoxy) is 3. The average molecular weight is 419 g/mol. The molecule has 0 bridgehead atoms. The predicted molar refractivity (Wildman–Crippen MR) is 119 cm³/mol. The summed E-state index contributed by atoms with van der Waals surface area (Å²) in [6.07, 6.45) is -1.14.